The second kappa shape index (κ2) is 8.96. The Morgan fingerprint density at radius 1 is 1.03 bits per heavy atom. The van der Waals surface area contributed by atoms with E-state index in [2.05, 4.69) is 10.3 Å². The van der Waals surface area contributed by atoms with Gasteiger partial charge in [-0.3, -0.25) is 4.79 Å². The normalized spacial score (nSPS) is 18.8. The molecule has 3 aromatic rings. The summed E-state index contributed by atoms with van der Waals surface area (Å²) in [4.78, 5) is 18.0. The average Bonchev–Trinajstić information content (AvgIpc) is 2.77. The average molecular weight is 463 g/mol. The lowest BCUT2D eigenvalue weighted by Gasteiger charge is -2.37. The van der Waals surface area contributed by atoms with Crippen molar-refractivity contribution in [3.8, 4) is 0 Å². The molecule has 1 fully saturated rings. The third kappa shape index (κ3) is 4.91. The predicted molar refractivity (Wildman–Crippen MR) is 115 cm³/mol. The maximum Gasteiger partial charge on any atom is 0.433 e. The van der Waals surface area contributed by atoms with Crippen LogP contribution in [-0.4, -0.2) is 30.0 Å². The van der Waals surface area contributed by atoms with Crippen molar-refractivity contribution in [1.82, 2.24) is 10.3 Å². The Morgan fingerprint density at radius 2 is 1.73 bits per heavy atom. The van der Waals surface area contributed by atoms with E-state index in [1.54, 1.807) is 31.3 Å². The number of fused-ring (bicyclic) bond motifs is 1. The smallest absolute Gasteiger partial charge is 0.371 e. The van der Waals surface area contributed by atoms with Crippen LogP contribution < -0.4 is 10.2 Å². The maximum atomic E-state index is 13.9. The zero-order chi connectivity index (χ0) is 23.8. The van der Waals surface area contributed by atoms with E-state index in [-0.39, 0.29) is 23.2 Å². The summed E-state index contributed by atoms with van der Waals surface area (Å²) in [5, 5.41) is 3.41. The number of hydrogen-bond donors (Lipinski definition) is 1. The first-order chi connectivity index (χ1) is 15.6. The summed E-state index contributed by atoms with van der Waals surface area (Å²) in [6.45, 7) is 0. The molecule has 1 amide bonds. The van der Waals surface area contributed by atoms with E-state index in [9.17, 15) is 26.7 Å². The molecule has 1 aromatic heterocycles. The summed E-state index contributed by atoms with van der Waals surface area (Å²) in [5.41, 5.74) is -0.436. The number of nitrogens with one attached hydrogen (secondary N) is 1. The number of alkyl halides is 3. The number of benzene rings is 2. The number of carbonyl (C=O) groups excluding carboxylic acids is 1. The van der Waals surface area contributed by atoms with Gasteiger partial charge >= 0.3 is 6.18 Å². The molecule has 1 aliphatic carbocycles. The van der Waals surface area contributed by atoms with Crippen LogP contribution in [0.4, 0.5) is 27.6 Å². The Morgan fingerprint density at radius 3 is 2.39 bits per heavy atom. The first kappa shape index (κ1) is 22.9. The molecule has 0 bridgehead atoms. The number of carbonyl (C=O) groups is 1. The van der Waals surface area contributed by atoms with Crippen molar-refractivity contribution >= 4 is 22.5 Å². The fraction of sp³-hybridized carbons (Fsp3) is 0.333. The van der Waals surface area contributed by atoms with Crippen LogP contribution in [0.2, 0.25) is 0 Å². The number of hydrogen-bond acceptors (Lipinski definition) is 3. The summed E-state index contributed by atoms with van der Waals surface area (Å²) in [7, 11) is 1.76. The van der Waals surface area contributed by atoms with Gasteiger partial charge in [0.2, 0.25) is 0 Å². The third-order valence-electron chi connectivity index (χ3n) is 6.12. The summed E-state index contributed by atoms with van der Waals surface area (Å²) < 4.78 is 67.1. The van der Waals surface area contributed by atoms with Crippen LogP contribution in [0.5, 0.6) is 0 Å². The van der Waals surface area contributed by atoms with Crippen molar-refractivity contribution in [1.29, 1.82) is 0 Å². The van der Waals surface area contributed by atoms with Crippen molar-refractivity contribution in [2.45, 2.75) is 43.9 Å². The van der Waals surface area contributed by atoms with E-state index in [4.69, 9.17) is 0 Å². The van der Waals surface area contributed by atoms with Crippen molar-refractivity contribution in [2.75, 3.05) is 11.9 Å². The molecule has 1 N–H and O–H groups in total. The van der Waals surface area contributed by atoms with Gasteiger partial charge in [-0.25, -0.2) is 13.8 Å². The Balaban J connectivity index is 1.47. The van der Waals surface area contributed by atoms with E-state index in [0.29, 0.717) is 42.8 Å². The van der Waals surface area contributed by atoms with Gasteiger partial charge in [0.1, 0.15) is 17.3 Å². The van der Waals surface area contributed by atoms with E-state index in [1.165, 1.54) is 0 Å². The minimum absolute atomic E-state index is 0.0346. The van der Waals surface area contributed by atoms with Crippen LogP contribution in [0.1, 0.15) is 41.7 Å². The molecule has 0 unspecified atom stereocenters. The standard InChI is InChI=1S/C24H22F5N3O/c1-32(21-13-22(24(27,28)29)31-20-5-3-2-4-18(20)21)16-9-7-15(8-10-16)30-23(33)17-11-6-14(25)12-19(17)26/h2-6,11-13,15-16H,7-10H2,1H3,(H,30,33)/t15-,16+. The molecule has 1 aliphatic rings. The highest BCUT2D eigenvalue weighted by molar-refractivity contribution is 5.94. The number of amides is 1. The lowest BCUT2D eigenvalue weighted by Crippen LogP contribution is -2.43. The lowest BCUT2D eigenvalue weighted by molar-refractivity contribution is -0.140. The van der Waals surface area contributed by atoms with E-state index >= 15 is 0 Å². The van der Waals surface area contributed by atoms with Crippen LogP contribution in [0.3, 0.4) is 0 Å². The SMILES string of the molecule is CN(c1cc(C(F)(F)F)nc2ccccc12)[C@H]1CC[C@@H](NC(=O)c2ccc(F)cc2F)CC1. The van der Waals surface area contributed by atoms with E-state index in [0.717, 1.165) is 18.2 Å². The first-order valence-electron chi connectivity index (χ1n) is 10.6. The second-order valence-corrected chi connectivity index (χ2v) is 8.26. The zero-order valence-corrected chi connectivity index (χ0v) is 17.8. The van der Waals surface area contributed by atoms with Crippen LogP contribution in [0.15, 0.2) is 48.5 Å². The maximum absolute atomic E-state index is 13.9. The topological polar surface area (TPSA) is 45.2 Å². The second-order valence-electron chi connectivity index (χ2n) is 8.26. The van der Waals surface area contributed by atoms with E-state index in [1.807, 2.05) is 4.90 Å². The number of halogens is 5. The molecule has 0 spiro atoms. The molecule has 2 aromatic carbocycles. The molecule has 0 atom stereocenters. The Bertz CT molecular complexity index is 1170. The molecule has 1 saturated carbocycles. The number of anilines is 1. The minimum atomic E-state index is -4.56. The molecule has 174 valence electrons. The summed E-state index contributed by atoms with van der Waals surface area (Å²) in [6, 6.07) is 10.3. The Hall–Kier alpha value is -3.23. The van der Waals surface area contributed by atoms with Crippen LogP contribution in [-0.2, 0) is 6.18 Å². The molecular weight excluding hydrogens is 441 g/mol. The molecule has 9 heteroatoms. The monoisotopic (exact) mass is 463 g/mol. The van der Waals surface area contributed by atoms with Crippen molar-refractivity contribution in [2.24, 2.45) is 0 Å². The van der Waals surface area contributed by atoms with Gasteiger partial charge in [-0.1, -0.05) is 18.2 Å². The minimum Gasteiger partial charge on any atom is -0.371 e. The van der Waals surface area contributed by atoms with Gasteiger partial charge in [0.25, 0.3) is 5.91 Å². The van der Waals surface area contributed by atoms with Crippen molar-refractivity contribution in [3.63, 3.8) is 0 Å². The van der Waals surface area contributed by atoms with Crippen LogP contribution >= 0.6 is 0 Å². The van der Waals surface area contributed by atoms with E-state index < -0.39 is 29.4 Å². The van der Waals surface area contributed by atoms with Crippen LogP contribution in [0.25, 0.3) is 10.9 Å². The third-order valence-corrected chi connectivity index (χ3v) is 6.12. The fourth-order valence-corrected chi connectivity index (χ4v) is 4.33. The molecule has 1 heterocycles. The first-order valence-corrected chi connectivity index (χ1v) is 10.6. The summed E-state index contributed by atoms with van der Waals surface area (Å²) in [6.07, 6.45) is -2.13. The molecule has 0 aliphatic heterocycles. The molecule has 33 heavy (non-hydrogen) atoms. The molecule has 0 saturated heterocycles. The number of para-hydroxylation sites is 1. The largest absolute Gasteiger partial charge is 0.433 e. The predicted octanol–water partition coefficient (Wildman–Crippen LogP) is 5.71. The highest BCUT2D eigenvalue weighted by Gasteiger charge is 2.34. The lowest BCUT2D eigenvalue weighted by atomic mass is 9.89. The highest BCUT2D eigenvalue weighted by atomic mass is 19.4. The summed E-state index contributed by atoms with van der Waals surface area (Å²) >= 11 is 0. The number of aromatic nitrogens is 1. The zero-order valence-electron chi connectivity index (χ0n) is 17.8. The Kier molecular flexibility index (Phi) is 6.23. The van der Waals surface area contributed by atoms with Gasteiger partial charge in [-0.2, -0.15) is 13.2 Å². The van der Waals surface area contributed by atoms with Crippen LogP contribution in [0, 0.1) is 11.6 Å². The summed E-state index contributed by atoms with van der Waals surface area (Å²) in [5.74, 6) is -2.30. The van der Waals surface area contributed by atoms with Gasteiger partial charge in [-0.15, -0.1) is 0 Å². The highest BCUT2D eigenvalue weighted by Crippen LogP contribution is 2.36. The van der Waals surface area contributed by atoms with Crippen molar-refractivity contribution < 1.29 is 26.7 Å². The Labute approximate surface area is 187 Å². The number of rotatable bonds is 4. The van der Waals surface area contributed by atoms with Crippen molar-refractivity contribution in [3.05, 3.63) is 71.4 Å². The fourth-order valence-electron chi connectivity index (χ4n) is 4.33. The molecule has 0 radical (unpaired) electrons. The van der Waals surface area contributed by atoms with Gasteiger partial charge < -0.3 is 10.2 Å². The van der Waals surface area contributed by atoms with Gasteiger partial charge in [0.05, 0.1) is 11.1 Å². The molecule has 4 rings (SSSR count). The molecular formula is C24H22F5N3O. The van der Waals surface area contributed by atoms with Gasteiger partial charge in [-0.05, 0) is 49.9 Å². The quantitative estimate of drug-likeness (QED) is 0.504. The van der Waals surface area contributed by atoms with Gasteiger partial charge in [0.15, 0.2) is 0 Å². The van der Waals surface area contributed by atoms with Gasteiger partial charge in [0, 0.05) is 36.3 Å². The number of pyridine rings is 1. The molecule has 4 nitrogen and oxygen atoms in total. The number of nitrogens with zero attached hydrogens (tertiary/aromatic N) is 2.